The number of hydrogen-bond donors (Lipinski definition) is 2. The summed E-state index contributed by atoms with van der Waals surface area (Å²) in [7, 11) is 0. The highest BCUT2D eigenvalue weighted by Crippen LogP contribution is 2.13. The molecule has 2 amide bonds. The Labute approximate surface area is 151 Å². The number of piperazine rings is 1. The summed E-state index contributed by atoms with van der Waals surface area (Å²) in [5, 5.41) is 12.0. The van der Waals surface area contributed by atoms with Crippen LogP contribution in [0.15, 0.2) is 47.1 Å². The number of nitrogens with one attached hydrogen (secondary N) is 2. The van der Waals surface area contributed by atoms with Gasteiger partial charge in [0.15, 0.2) is 11.8 Å². The lowest BCUT2D eigenvalue weighted by Crippen LogP contribution is -3.19. The van der Waals surface area contributed by atoms with Gasteiger partial charge < -0.3 is 19.5 Å². The van der Waals surface area contributed by atoms with E-state index in [1.165, 1.54) is 6.26 Å². The fourth-order valence-electron chi connectivity index (χ4n) is 3.10. The van der Waals surface area contributed by atoms with Crippen LogP contribution < -0.4 is 10.2 Å². The maximum Gasteiger partial charge on any atom is 0.289 e. The minimum atomic E-state index is -0.275. The normalized spacial score (nSPS) is 15.9. The number of amides is 2. The number of anilines is 1. The van der Waals surface area contributed by atoms with Crippen LogP contribution in [-0.4, -0.2) is 48.9 Å². The average Bonchev–Trinajstić information content (AvgIpc) is 3.22. The van der Waals surface area contributed by atoms with Crippen LogP contribution >= 0.6 is 0 Å². The molecule has 1 saturated heterocycles. The molecular weight excluding hydrogens is 332 g/mol. The minimum Gasteiger partial charge on any atom is -0.459 e. The van der Waals surface area contributed by atoms with E-state index >= 15 is 0 Å². The highest BCUT2D eigenvalue weighted by atomic mass is 16.3. The molecule has 1 aliphatic rings. The third-order valence-electron chi connectivity index (χ3n) is 4.74. The highest BCUT2D eigenvalue weighted by molar-refractivity contribution is 5.95. The van der Waals surface area contributed by atoms with Crippen molar-refractivity contribution in [1.82, 2.24) is 4.90 Å². The fourth-order valence-corrected chi connectivity index (χ4v) is 3.10. The molecule has 2 heterocycles. The number of nitriles is 1. The van der Waals surface area contributed by atoms with Crippen molar-refractivity contribution in [3.63, 3.8) is 0 Å². The molecule has 0 saturated carbocycles. The summed E-state index contributed by atoms with van der Waals surface area (Å²) in [6, 6.07) is 12.1. The van der Waals surface area contributed by atoms with E-state index in [0.29, 0.717) is 43.2 Å². The minimum absolute atomic E-state index is 0.117. The first-order valence-corrected chi connectivity index (χ1v) is 8.57. The Bertz CT molecular complexity index is 818. The van der Waals surface area contributed by atoms with Crippen LogP contribution in [0, 0.1) is 11.3 Å². The Balaban J connectivity index is 1.56. The van der Waals surface area contributed by atoms with Gasteiger partial charge in [-0.1, -0.05) is 12.1 Å². The smallest absolute Gasteiger partial charge is 0.289 e. The lowest BCUT2D eigenvalue weighted by atomic mass is 10.1. The molecule has 1 aromatic carbocycles. The second-order valence-corrected chi connectivity index (χ2v) is 6.30. The zero-order chi connectivity index (χ0) is 18.5. The number of para-hydroxylation sites is 1. The van der Waals surface area contributed by atoms with E-state index in [0.717, 1.165) is 4.90 Å². The van der Waals surface area contributed by atoms with Crippen molar-refractivity contribution in [2.45, 2.75) is 13.0 Å². The first kappa shape index (κ1) is 17.7. The Hall–Kier alpha value is -3.11. The number of nitrogens with zero attached hydrogens (tertiary/aromatic N) is 2. The SMILES string of the molecule is C[C@H](C(=O)Nc1ccccc1C#N)[NH+]1CCN(C(=O)c2ccco2)CC1. The Kier molecular flexibility index (Phi) is 5.34. The molecular formula is C19H21N4O3+. The van der Waals surface area contributed by atoms with E-state index in [4.69, 9.17) is 9.68 Å². The van der Waals surface area contributed by atoms with E-state index in [1.807, 2.05) is 6.92 Å². The predicted octanol–water partition coefficient (Wildman–Crippen LogP) is 0.519. The van der Waals surface area contributed by atoms with Gasteiger partial charge in [0.2, 0.25) is 0 Å². The molecule has 0 unspecified atom stereocenters. The summed E-state index contributed by atoms with van der Waals surface area (Å²) in [4.78, 5) is 27.7. The molecule has 1 atom stereocenters. The van der Waals surface area contributed by atoms with Crippen LogP contribution in [0.5, 0.6) is 0 Å². The Morgan fingerprint density at radius 3 is 2.62 bits per heavy atom. The summed E-state index contributed by atoms with van der Waals surface area (Å²) >= 11 is 0. The molecule has 0 spiro atoms. The molecule has 0 bridgehead atoms. The van der Waals surface area contributed by atoms with Crippen molar-refractivity contribution < 1.29 is 18.9 Å². The van der Waals surface area contributed by atoms with Gasteiger partial charge in [-0.3, -0.25) is 9.59 Å². The topological polar surface area (TPSA) is 90.8 Å². The van der Waals surface area contributed by atoms with Gasteiger partial charge >= 0.3 is 0 Å². The fraction of sp³-hybridized carbons (Fsp3) is 0.316. The second kappa shape index (κ2) is 7.85. The van der Waals surface area contributed by atoms with Crippen molar-refractivity contribution in [3.8, 4) is 6.07 Å². The van der Waals surface area contributed by atoms with Crippen molar-refractivity contribution in [1.29, 1.82) is 5.26 Å². The predicted molar refractivity (Wildman–Crippen MR) is 94.6 cm³/mol. The van der Waals surface area contributed by atoms with Crippen LogP contribution in [0.3, 0.4) is 0 Å². The van der Waals surface area contributed by atoms with Gasteiger partial charge in [0.05, 0.1) is 43.7 Å². The number of quaternary nitrogens is 1. The van der Waals surface area contributed by atoms with Crippen LogP contribution in [-0.2, 0) is 4.79 Å². The lowest BCUT2D eigenvalue weighted by Gasteiger charge is -2.34. The molecule has 7 nitrogen and oxygen atoms in total. The molecule has 7 heteroatoms. The molecule has 0 radical (unpaired) electrons. The largest absolute Gasteiger partial charge is 0.459 e. The van der Waals surface area contributed by atoms with Crippen molar-refractivity contribution >= 4 is 17.5 Å². The van der Waals surface area contributed by atoms with Crippen molar-refractivity contribution in [2.24, 2.45) is 0 Å². The summed E-state index contributed by atoms with van der Waals surface area (Å²) < 4.78 is 5.16. The van der Waals surface area contributed by atoms with Crippen molar-refractivity contribution in [3.05, 3.63) is 54.0 Å². The van der Waals surface area contributed by atoms with Gasteiger partial charge in [-0.15, -0.1) is 0 Å². The molecule has 134 valence electrons. The van der Waals surface area contributed by atoms with E-state index < -0.39 is 0 Å². The monoisotopic (exact) mass is 353 g/mol. The van der Waals surface area contributed by atoms with Gasteiger partial charge in [0.25, 0.3) is 11.8 Å². The van der Waals surface area contributed by atoms with Gasteiger partial charge in [-0.05, 0) is 31.2 Å². The molecule has 2 aromatic rings. The number of benzene rings is 1. The summed E-state index contributed by atoms with van der Waals surface area (Å²) in [5.74, 6) is 0.0926. The van der Waals surface area contributed by atoms with E-state index in [-0.39, 0.29) is 17.9 Å². The quantitative estimate of drug-likeness (QED) is 0.838. The molecule has 26 heavy (non-hydrogen) atoms. The van der Waals surface area contributed by atoms with E-state index in [2.05, 4.69) is 11.4 Å². The van der Waals surface area contributed by atoms with Crippen LogP contribution in [0.25, 0.3) is 0 Å². The molecule has 2 N–H and O–H groups in total. The van der Waals surface area contributed by atoms with Crippen LogP contribution in [0.1, 0.15) is 23.0 Å². The maximum atomic E-state index is 12.5. The second-order valence-electron chi connectivity index (χ2n) is 6.30. The van der Waals surface area contributed by atoms with Gasteiger partial charge in [-0.25, -0.2) is 0 Å². The van der Waals surface area contributed by atoms with Crippen LogP contribution in [0.4, 0.5) is 5.69 Å². The molecule has 1 aliphatic heterocycles. The molecule has 1 aromatic heterocycles. The van der Waals surface area contributed by atoms with Crippen molar-refractivity contribution in [2.75, 3.05) is 31.5 Å². The van der Waals surface area contributed by atoms with Gasteiger partial charge in [0, 0.05) is 0 Å². The van der Waals surface area contributed by atoms with Gasteiger partial charge in [-0.2, -0.15) is 5.26 Å². The number of rotatable bonds is 4. The first-order valence-electron chi connectivity index (χ1n) is 8.57. The third-order valence-corrected chi connectivity index (χ3v) is 4.74. The molecule has 0 aliphatic carbocycles. The average molecular weight is 353 g/mol. The molecule has 1 fully saturated rings. The standard InChI is InChI=1S/C19H20N4O3/c1-14(18(24)21-16-6-3-2-5-15(16)13-20)22-8-10-23(11-9-22)19(25)17-7-4-12-26-17/h2-7,12,14H,8-11H2,1H3,(H,21,24)/p+1/t14-/m1/s1. The zero-order valence-corrected chi connectivity index (χ0v) is 14.6. The number of hydrogen-bond acceptors (Lipinski definition) is 4. The Morgan fingerprint density at radius 1 is 1.23 bits per heavy atom. The third kappa shape index (κ3) is 3.76. The Morgan fingerprint density at radius 2 is 1.96 bits per heavy atom. The molecule has 3 rings (SSSR count). The van der Waals surface area contributed by atoms with Crippen LogP contribution in [0.2, 0.25) is 0 Å². The van der Waals surface area contributed by atoms with Gasteiger partial charge in [0.1, 0.15) is 6.07 Å². The van der Waals surface area contributed by atoms with E-state index in [1.54, 1.807) is 41.3 Å². The number of carbonyl (C=O) groups excluding carboxylic acids is 2. The summed E-state index contributed by atoms with van der Waals surface area (Å²) in [6.07, 6.45) is 1.49. The number of carbonyl (C=O) groups is 2. The van der Waals surface area contributed by atoms with E-state index in [9.17, 15) is 9.59 Å². The zero-order valence-electron chi connectivity index (χ0n) is 14.6. The lowest BCUT2D eigenvalue weighted by molar-refractivity contribution is -0.917. The maximum absolute atomic E-state index is 12.5. The first-order chi connectivity index (χ1) is 12.6. The highest BCUT2D eigenvalue weighted by Gasteiger charge is 2.31. The number of furan rings is 1. The summed E-state index contributed by atoms with van der Waals surface area (Å²) in [5.41, 5.74) is 0.967. The summed E-state index contributed by atoms with van der Waals surface area (Å²) in [6.45, 7) is 4.37.